The van der Waals surface area contributed by atoms with Crippen LogP contribution >= 0.6 is 23.1 Å². The summed E-state index contributed by atoms with van der Waals surface area (Å²) in [7, 11) is 0. The van der Waals surface area contributed by atoms with E-state index < -0.39 is 53.3 Å². The summed E-state index contributed by atoms with van der Waals surface area (Å²) in [4.78, 5) is 105. The molecule has 5 aliphatic heterocycles. The molecule has 3 aromatic carbocycles. The number of phenols is 1. The second-order valence-electron chi connectivity index (χ2n) is 16.1. The van der Waals surface area contributed by atoms with Crippen LogP contribution in [0, 0.1) is 5.82 Å². The van der Waals surface area contributed by atoms with E-state index in [0.717, 1.165) is 67.3 Å². The van der Waals surface area contributed by atoms with Crippen LogP contribution in [-0.4, -0.2) is 128 Å². The zero-order valence-electron chi connectivity index (χ0n) is 34.0. The number of phenolic OH excluding ortho intramolecular Hbond substituents is 1. The number of anilines is 2. The van der Waals surface area contributed by atoms with Crippen molar-refractivity contribution in [2.24, 2.45) is 0 Å². The van der Waals surface area contributed by atoms with Crippen molar-refractivity contribution in [3.8, 4) is 5.75 Å². The molecule has 9 rings (SSSR count). The van der Waals surface area contributed by atoms with Gasteiger partial charge in [-0.15, -0.1) is 23.1 Å². The molecule has 1 aromatic heterocycles. The minimum absolute atomic E-state index is 0.0149. The number of nitrogens with zero attached hydrogens (tertiary/aromatic N) is 6. The van der Waals surface area contributed by atoms with Gasteiger partial charge in [0.05, 0.1) is 11.1 Å². The molecule has 3 saturated heterocycles. The molecule has 16 nitrogen and oxygen atoms in total. The number of hydrogen-bond acceptors (Lipinski definition) is 13. The molecule has 3 N–H and O–H groups in total. The summed E-state index contributed by atoms with van der Waals surface area (Å²) >= 11 is 2.53. The van der Waals surface area contributed by atoms with E-state index in [1.54, 1.807) is 23.6 Å². The predicted octanol–water partition coefficient (Wildman–Crippen LogP) is 4.02. The van der Waals surface area contributed by atoms with Gasteiger partial charge in [-0.2, -0.15) is 0 Å². The molecule has 0 aliphatic carbocycles. The summed E-state index contributed by atoms with van der Waals surface area (Å²) in [6.07, 6.45) is 3.68. The number of imide groups is 2. The van der Waals surface area contributed by atoms with Crippen molar-refractivity contribution in [3.05, 3.63) is 99.8 Å². The number of benzene rings is 3. The number of nitrogens with one attached hydrogen (secondary N) is 2. The molecule has 2 unspecified atom stereocenters. The number of fused-ring (bicyclic) bond motifs is 2. The van der Waals surface area contributed by atoms with E-state index in [4.69, 9.17) is 0 Å². The van der Waals surface area contributed by atoms with Crippen molar-refractivity contribution >= 4 is 75.3 Å². The Kier molecular flexibility index (Phi) is 11.7. The molecule has 0 bridgehead atoms. The molecule has 4 aromatic rings. The number of piperidine rings is 2. The molecule has 326 valence electrons. The lowest BCUT2D eigenvalue weighted by Gasteiger charge is -2.43. The van der Waals surface area contributed by atoms with Crippen LogP contribution in [0.25, 0.3) is 0 Å². The lowest BCUT2D eigenvalue weighted by Crippen LogP contribution is -2.54. The molecule has 2 atom stereocenters. The van der Waals surface area contributed by atoms with Gasteiger partial charge >= 0.3 is 0 Å². The van der Waals surface area contributed by atoms with E-state index in [1.165, 1.54) is 40.3 Å². The van der Waals surface area contributed by atoms with Gasteiger partial charge in [-0.05, 0) is 67.3 Å². The minimum Gasteiger partial charge on any atom is -0.508 e. The lowest BCUT2D eigenvalue weighted by atomic mass is 10.0. The number of carbonyl (C=O) groups is 7. The number of rotatable bonds is 11. The highest BCUT2D eigenvalue weighted by atomic mass is 32.2. The Morgan fingerprint density at radius 2 is 1.71 bits per heavy atom. The van der Waals surface area contributed by atoms with Gasteiger partial charge in [0, 0.05) is 104 Å². The molecule has 63 heavy (non-hydrogen) atoms. The first kappa shape index (κ1) is 42.1. The molecule has 7 amide bonds. The first-order valence-electron chi connectivity index (χ1n) is 20.8. The van der Waals surface area contributed by atoms with Gasteiger partial charge < -0.3 is 19.8 Å². The molecule has 0 spiro atoms. The second-order valence-corrected chi connectivity index (χ2v) is 18.1. The van der Waals surface area contributed by atoms with Gasteiger partial charge in [-0.3, -0.25) is 54.0 Å². The first-order valence-corrected chi connectivity index (χ1v) is 22.7. The highest BCUT2D eigenvalue weighted by molar-refractivity contribution is 7.99. The summed E-state index contributed by atoms with van der Waals surface area (Å²) in [5.41, 5.74) is 2.47. The van der Waals surface area contributed by atoms with Crippen molar-refractivity contribution in [3.63, 3.8) is 0 Å². The molecule has 19 heteroatoms. The van der Waals surface area contributed by atoms with Gasteiger partial charge in [-0.1, -0.05) is 12.1 Å². The van der Waals surface area contributed by atoms with Crippen molar-refractivity contribution in [1.29, 1.82) is 0 Å². The fraction of sp³-hybridized carbons (Fsp3) is 0.364. The molecule has 0 saturated carbocycles. The van der Waals surface area contributed by atoms with E-state index in [9.17, 15) is 43.1 Å². The first-order chi connectivity index (χ1) is 30.4. The summed E-state index contributed by atoms with van der Waals surface area (Å²) in [5.74, 6) is -3.78. The predicted molar refractivity (Wildman–Crippen MR) is 230 cm³/mol. The lowest BCUT2D eigenvalue weighted by molar-refractivity contribution is -0.136. The van der Waals surface area contributed by atoms with E-state index in [-0.39, 0.29) is 54.2 Å². The normalized spacial score (nSPS) is 20.0. The van der Waals surface area contributed by atoms with Crippen molar-refractivity contribution in [2.75, 3.05) is 55.2 Å². The van der Waals surface area contributed by atoms with Crippen LogP contribution in [0.4, 0.5) is 15.2 Å². The van der Waals surface area contributed by atoms with Crippen LogP contribution in [0.15, 0.2) is 71.1 Å². The second kappa shape index (κ2) is 17.5. The SMILES string of the molecule is O=C1CCC(N2C(=O)c3cccc(SCCC(=O)N4CCN(C5CCN(c6ccc7c(c6)C(=O)N(C(C(=O)Nc6nccs6)c6cc(F)ccc6O)C7)CC5)CC4)c3C2=O)C(=O)N1. The molecular formula is C44H43FN8O8S2. The average Bonchev–Trinajstić information content (AvgIpc) is 3.98. The van der Waals surface area contributed by atoms with E-state index in [1.807, 2.05) is 23.1 Å². The fourth-order valence-corrected chi connectivity index (χ4v) is 10.8. The molecular weight excluding hydrogens is 852 g/mol. The maximum Gasteiger partial charge on any atom is 0.263 e. The zero-order valence-corrected chi connectivity index (χ0v) is 35.6. The largest absolute Gasteiger partial charge is 0.508 e. The molecule has 0 radical (unpaired) electrons. The Morgan fingerprint density at radius 1 is 0.921 bits per heavy atom. The number of amides is 7. The monoisotopic (exact) mass is 894 g/mol. The van der Waals surface area contributed by atoms with E-state index in [0.29, 0.717) is 40.5 Å². The number of halogens is 1. The van der Waals surface area contributed by atoms with Gasteiger partial charge in [-0.25, -0.2) is 9.37 Å². The fourth-order valence-electron chi connectivity index (χ4n) is 9.21. The van der Waals surface area contributed by atoms with Crippen LogP contribution in [0.3, 0.4) is 0 Å². The smallest absolute Gasteiger partial charge is 0.263 e. The van der Waals surface area contributed by atoms with E-state index in [2.05, 4.69) is 25.4 Å². The quantitative estimate of drug-likeness (QED) is 0.145. The highest BCUT2D eigenvalue weighted by Gasteiger charge is 2.46. The number of thioether (sulfide) groups is 1. The average molecular weight is 895 g/mol. The zero-order chi connectivity index (χ0) is 43.9. The number of aromatic nitrogens is 1. The topological polar surface area (TPSA) is 193 Å². The highest BCUT2D eigenvalue weighted by Crippen LogP contribution is 2.39. The number of hydrogen-bond donors (Lipinski definition) is 3. The number of aromatic hydroxyl groups is 1. The minimum atomic E-state index is -1.31. The van der Waals surface area contributed by atoms with Crippen molar-refractivity contribution in [2.45, 2.75) is 61.7 Å². The van der Waals surface area contributed by atoms with Crippen LogP contribution in [-0.2, 0) is 25.7 Å². The third-order valence-corrected chi connectivity index (χ3v) is 14.2. The molecule has 3 fully saturated rings. The Morgan fingerprint density at radius 3 is 2.46 bits per heavy atom. The summed E-state index contributed by atoms with van der Waals surface area (Å²) in [5, 5.41) is 17.6. The third kappa shape index (κ3) is 8.27. The van der Waals surface area contributed by atoms with Crippen LogP contribution in [0.2, 0.25) is 0 Å². The molecule has 5 aliphatic rings. The number of piperazine rings is 1. The Hall–Kier alpha value is -6.18. The number of thiazole rings is 1. The Bertz CT molecular complexity index is 2520. The standard InChI is InChI=1S/C44H43FN8O8S2/c45-26-5-8-33(54)31(22-26)38(40(58)48-44-46-13-21-63-44)52-24-25-4-6-28(23-30(25)41(52)59)49-14-10-27(11-15-49)50-16-18-51(19-17-50)36(56)12-20-62-34-3-1-2-29-37(34)43(61)53(42(29)60)32-7-9-35(55)47-39(32)57/h1-6,8,13,21-23,27,32,38,54H,7,9-12,14-20,24H2,(H,46,48,58)(H,47,55,57). The van der Waals surface area contributed by atoms with E-state index >= 15 is 0 Å². The van der Waals surface area contributed by atoms with Crippen LogP contribution in [0.5, 0.6) is 5.75 Å². The van der Waals surface area contributed by atoms with Crippen molar-refractivity contribution in [1.82, 2.24) is 29.9 Å². The third-order valence-electron chi connectivity index (χ3n) is 12.4. The maximum absolute atomic E-state index is 14.4. The van der Waals surface area contributed by atoms with Gasteiger partial charge in [0.2, 0.25) is 17.7 Å². The van der Waals surface area contributed by atoms with Crippen LogP contribution in [0.1, 0.15) is 80.3 Å². The molecule has 6 heterocycles. The Balaban J connectivity index is 0.761. The summed E-state index contributed by atoms with van der Waals surface area (Å²) in [6.45, 7) is 4.29. The van der Waals surface area contributed by atoms with Crippen molar-refractivity contribution < 1.29 is 43.1 Å². The van der Waals surface area contributed by atoms with Crippen LogP contribution < -0.4 is 15.5 Å². The van der Waals surface area contributed by atoms with Gasteiger partial charge in [0.1, 0.15) is 23.7 Å². The maximum atomic E-state index is 14.4. The summed E-state index contributed by atoms with van der Waals surface area (Å²) in [6, 6.07) is 12.0. The summed E-state index contributed by atoms with van der Waals surface area (Å²) < 4.78 is 14.4. The Labute approximate surface area is 369 Å². The number of carbonyl (C=O) groups excluding carboxylic acids is 7. The van der Waals surface area contributed by atoms with Gasteiger partial charge in [0.25, 0.3) is 23.6 Å². The van der Waals surface area contributed by atoms with Gasteiger partial charge in [0.15, 0.2) is 5.13 Å².